The van der Waals surface area contributed by atoms with Crippen LogP contribution in [0.4, 0.5) is 5.82 Å². The van der Waals surface area contributed by atoms with Crippen LogP contribution in [0, 0.1) is 0 Å². The number of piperidine rings is 1. The Hall–Kier alpha value is -3.26. The SMILES string of the molecule is CN(c1ccc(-c2ccc(-c3cn[nH]c3)c3cn[nH]c23)nn1)C1CC2CCC(C1)N2. The van der Waals surface area contributed by atoms with E-state index in [1.165, 1.54) is 25.7 Å². The van der Waals surface area contributed by atoms with Gasteiger partial charge in [-0.1, -0.05) is 6.07 Å². The molecule has 0 amide bonds. The smallest absolute Gasteiger partial charge is 0.151 e. The molecular weight excluding hydrogens is 376 g/mol. The summed E-state index contributed by atoms with van der Waals surface area (Å²) in [6.45, 7) is 0. The van der Waals surface area contributed by atoms with Crippen LogP contribution in [0.5, 0.6) is 0 Å². The Morgan fingerprint density at radius 3 is 2.50 bits per heavy atom. The molecule has 0 saturated carbocycles. The normalized spacial score (nSPS) is 23.2. The fourth-order valence-electron chi connectivity index (χ4n) is 5.09. The van der Waals surface area contributed by atoms with Crippen molar-refractivity contribution >= 4 is 16.7 Å². The third-order valence-electron chi connectivity index (χ3n) is 6.71. The largest absolute Gasteiger partial charge is 0.355 e. The molecule has 0 aliphatic carbocycles. The Kier molecular flexibility index (Phi) is 4.05. The van der Waals surface area contributed by atoms with Crippen molar-refractivity contribution in [1.29, 1.82) is 0 Å². The van der Waals surface area contributed by atoms with Crippen molar-refractivity contribution in [2.24, 2.45) is 0 Å². The van der Waals surface area contributed by atoms with Crippen molar-refractivity contribution < 1.29 is 0 Å². The van der Waals surface area contributed by atoms with Crippen LogP contribution in [-0.4, -0.2) is 55.8 Å². The molecule has 1 aromatic carbocycles. The predicted octanol–water partition coefficient (Wildman–Crippen LogP) is 3.13. The lowest BCUT2D eigenvalue weighted by Gasteiger charge is -2.36. The summed E-state index contributed by atoms with van der Waals surface area (Å²) in [5.41, 5.74) is 4.91. The Morgan fingerprint density at radius 1 is 0.933 bits per heavy atom. The zero-order valence-electron chi connectivity index (χ0n) is 16.8. The van der Waals surface area contributed by atoms with Gasteiger partial charge in [-0.05, 0) is 49.4 Å². The van der Waals surface area contributed by atoms with Crippen LogP contribution in [0.15, 0.2) is 42.9 Å². The molecule has 2 unspecified atom stereocenters. The van der Waals surface area contributed by atoms with Crippen molar-refractivity contribution in [3.8, 4) is 22.4 Å². The molecule has 0 radical (unpaired) electrons. The lowest BCUT2D eigenvalue weighted by atomic mass is 9.98. The van der Waals surface area contributed by atoms with E-state index < -0.39 is 0 Å². The maximum absolute atomic E-state index is 4.57. The second kappa shape index (κ2) is 6.91. The molecule has 0 spiro atoms. The lowest BCUT2D eigenvalue weighted by Crippen LogP contribution is -2.47. The maximum Gasteiger partial charge on any atom is 0.151 e. The van der Waals surface area contributed by atoms with Crippen LogP contribution < -0.4 is 10.2 Å². The summed E-state index contributed by atoms with van der Waals surface area (Å²) < 4.78 is 0. The molecule has 2 saturated heterocycles. The number of fused-ring (bicyclic) bond motifs is 3. The van der Waals surface area contributed by atoms with Gasteiger partial charge in [-0.25, -0.2) is 0 Å². The lowest BCUT2D eigenvalue weighted by molar-refractivity contribution is 0.353. The van der Waals surface area contributed by atoms with Crippen LogP contribution in [0.3, 0.4) is 0 Å². The number of hydrogen-bond donors (Lipinski definition) is 3. The zero-order valence-corrected chi connectivity index (χ0v) is 16.8. The first kappa shape index (κ1) is 17.6. The topological polar surface area (TPSA) is 98.4 Å². The van der Waals surface area contributed by atoms with Crippen LogP contribution in [0.25, 0.3) is 33.3 Å². The molecule has 2 atom stereocenters. The molecule has 4 aromatic rings. The van der Waals surface area contributed by atoms with Gasteiger partial charge in [0.1, 0.15) is 0 Å². The Balaban J connectivity index is 1.30. The number of hydrogen-bond acceptors (Lipinski definition) is 6. The van der Waals surface area contributed by atoms with Crippen LogP contribution in [0.1, 0.15) is 25.7 Å². The quantitative estimate of drug-likeness (QED) is 0.487. The average molecular weight is 400 g/mol. The first-order chi connectivity index (χ1) is 14.8. The van der Waals surface area contributed by atoms with Gasteiger partial charge >= 0.3 is 0 Å². The molecule has 6 rings (SSSR count). The molecule has 2 aliphatic heterocycles. The summed E-state index contributed by atoms with van der Waals surface area (Å²) in [4.78, 5) is 2.30. The summed E-state index contributed by atoms with van der Waals surface area (Å²) >= 11 is 0. The molecule has 2 aliphatic rings. The molecule has 3 aromatic heterocycles. The van der Waals surface area contributed by atoms with E-state index in [0.29, 0.717) is 18.1 Å². The highest BCUT2D eigenvalue weighted by molar-refractivity contribution is 6.01. The summed E-state index contributed by atoms with van der Waals surface area (Å²) in [6.07, 6.45) is 10.5. The fourth-order valence-corrected chi connectivity index (χ4v) is 5.09. The Bertz CT molecular complexity index is 1150. The van der Waals surface area contributed by atoms with Crippen molar-refractivity contribution in [2.45, 2.75) is 43.8 Å². The molecular formula is C22H24N8. The van der Waals surface area contributed by atoms with E-state index in [9.17, 15) is 0 Å². The number of nitrogens with zero attached hydrogens (tertiary/aromatic N) is 5. The van der Waals surface area contributed by atoms with E-state index in [4.69, 9.17) is 0 Å². The minimum atomic E-state index is 0.525. The van der Waals surface area contributed by atoms with Gasteiger partial charge < -0.3 is 10.2 Å². The standard InChI is InChI=1S/C22H24N8/c1-30(16-8-14-2-3-15(9-16)26-14)21-7-6-20(27-28-21)18-5-4-17(13-10-23-24-11-13)19-12-25-29-22(18)19/h4-7,10-12,14-16,26H,2-3,8-9H2,1H3,(H,23,24)(H,25,29). The summed E-state index contributed by atoms with van der Waals surface area (Å²) in [7, 11) is 2.14. The molecule has 2 fully saturated rings. The van der Waals surface area contributed by atoms with E-state index in [0.717, 1.165) is 39.1 Å². The van der Waals surface area contributed by atoms with Crippen LogP contribution in [-0.2, 0) is 0 Å². The van der Waals surface area contributed by atoms with Gasteiger partial charge in [0.15, 0.2) is 5.82 Å². The number of H-pyrrole nitrogens is 2. The van der Waals surface area contributed by atoms with Gasteiger partial charge in [-0.15, -0.1) is 10.2 Å². The molecule has 30 heavy (non-hydrogen) atoms. The van der Waals surface area contributed by atoms with Gasteiger partial charge in [-0.2, -0.15) is 10.2 Å². The fraction of sp³-hybridized carbons (Fsp3) is 0.364. The minimum Gasteiger partial charge on any atom is -0.355 e. The molecule has 5 heterocycles. The molecule has 2 bridgehead atoms. The number of aromatic amines is 2. The summed E-state index contributed by atoms with van der Waals surface area (Å²) in [6, 6.07) is 10.1. The van der Waals surface area contributed by atoms with Crippen molar-refractivity contribution in [2.75, 3.05) is 11.9 Å². The van der Waals surface area contributed by atoms with Crippen LogP contribution >= 0.6 is 0 Å². The van der Waals surface area contributed by atoms with Gasteiger partial charge in [-0.3, -0.25) is 10.2 Å². The Labute approximate surface area is 174 Å². The van der Waals surface area contributed by atoms with E-state index in [1.807, 2.05) is 18.6 Å². The van der Waals surface area contributed by atoms with Crippen molar-refractivity contribution in [1.82, 2.24) is 35.9 Å². The van der Waals surface area contributed by atoms with Crippen LogP contribution in [0.2, 0.25) is 0 Å². The third kappa shape index (κ3) is 2.87. The zero-order chi connectivity index (χ0) is 20.1. The van der Waals surface area contributed by atoms with E-state index in [-0.39, 0.29) is 0 Å². The van der Waals surface area contributed by atoms with Crippen molar-refractivity contribution in [3.63, 3.8) is 0 Å². The van der Waals surface area contributed by atoms with Gasteiger partial charge in [0, 0.05) is 47.9 Å². The van der Waals surface area contributed by atoms with Gasteiger partial charge in [0.05, 0.1) is 23.6 Å². The van der Waals surface area contributed by atoms with Crippen molar-refractivity contribution in [3.05, 3.63) is 42.9 Å². The second-order valence-corrected chi connectivity index (χ2v) is 8.46. The van der Waals surface area contributed by atoms with E-state index in [1.54, 1.807) is 0 Å². The van der Waals surface area contributed by atoms with E-state index in [2.05, 4.69) is 72.1 Å². The summed E-state index contributed by atoms with van der Waals surface area (Å²) in [5, 5.41) is 28.2. The predicted molar refractivity (Wildman–Crippen MR) is 116 cm³/mol. The van der Waals surface area contributed by atoms with Gasteiger partial charge in [0.2, 0.25) is 0 Å². The second-order valence-electron chi connectivity index (χ2n) is 8.46. The molecule has 3 N–H and O–H groups in total. The molecule has 8 nitrogen and oxygen atoms in total. The monoisotopic (exact) mass is 400 g/mol. The summed E-state index contributed by atoms with van der Waals surface area (Å²) in [5.74, 6) is 0.931. The highest BCUT2D eigenvalue weighted by Gasteiger charge is 2.35. The third-order valence-corrected chi connectivity index (χ3v) is 6.71. The number of rotatable bonds is 4. The highest BCUT2D eigenvalue weighted by Crippen LogP contribution is 2.34. The number of benzene rings is 1. The maximum atomic E-state index is 4.57. The highest BCUT2D eigenvalue weighted by atomic mass is 15.3. The molecule has 8 heteroatoms. The number of aromatic nitrogens is 6. The molecule has 152 valence electrons. The first-order valence-corrected chi connectivity index (χ1v) is 10.5. The first-order valence-electron chi connectivity index (χ1n) is 10.5. The van der Waals surface area contributed by atoms with Gasteiger partial charge in [0.25, 0.3) is 0 Å². The van der Waals surface area contributed by atoms with E-state index >= 15 is 0 Å². The Morgan fingerprint density at radius 2 is 1.77 bits per heavy atom. The number of nitrogens with one attached hydrogen (secondary N) is 3. The number of anilines is 1. The average Bonchev–Trinajstić information content (AvgIpc) is 3.54. The minimum absolute atomic E-state index is 0.525.